The van der Waals surface area contributed by atoms with Crippen molar-refractivity contribution in [3.8, 4) is 0 Å². The third-order valence-corrected chi connectivity index (χ3v) is 3.67. The third kappa shape index (κ3) is 2.95. The smallest absolute Gasteiger partial charge is 0.262 e. The minimum atomic E-state index is -0.251. The summed E-state index contributed by atoms with van der Waals surface area (Å²) in [5, 5.41) is 4.97. The second kappa shape index (κ2) is 5.80. The average Bonchev–Trinajstić information content (AvgIpc) is 2.97. The predicted molar refractivity (Wildman–Crippen MR) is 79.2 cm³/mol. The Morgan fingerprint density at radius 2 is 2.10 bits per heavy atom. The summed E-state index contributed by atoms with van der Waals surface area (Å²) in [5.74, 6) is -0.000209. The molecule has 3 heterocycles. The fourth-order valence-electron chi connectivity index (χ4n) is 1.83. The van der Waals surface area contributed by atoms with Crippen LogP contribution in [0, 0.1) is 0 Å². The van der Waals surface area contributed by atoms with E-state index >= 15 is 0 Å². The van der Waals surface area contributed by atoms with Crippen LogP contribution in [-0.4, -0.2) is 25.4 Å². The van der Waals surface area contributed by atoms with E-state index in [2.05, 4.69) is 20.3 Å². The normalized spacial score (nSPS) is 10.7. The maximum Gasteiger partial charge on any atom is 0.262 e. The molecule has 0 unspecified atom stereocenters. The van der Waals surface area contributed by atoms with Gasteiger partial charge in [-0.1, -0.05) is 0 Å². The van der Waals surface area contributed by atoms with Gasteiger partial charge in [0, 0.05) is 25.4 Å². The Balaban J connectivity index is 1.67. The van der Waals surface area contributed by atoms with Gasteiger partial charge < -0.3 is 0 Å². The van der Waals surface area contributed by atoms with Crippen LogP contribution in [0.25, 0.3) is 10.2 Å². The first-order chi connectivity index (χ1) is 10.2. The van der Waals surface area contributed by atoms with Gasteiger partial charge in [-0.25, -0.2) is 15.0 Å². The van der Waals surface area contributed by atoms with Crippen LogP contribution in [-0.2, 0) is 11.3 Å². The standard InChI is InChI=1S/C13H11N5O2S/c19-10(17-13-14-4-1-5-15-13)2-6-18-8-16-11-9(12(18)20)3-7-21-11/h1,3-5,7-8H,2,6H2,(H,14,15,17,19). The Bertz CT molecular complexity index is 827. The fourth-order valence-corrected chi connectivity index (χ4v) is 2.55. The molecular formula is C13H11N5O2S. The number of carbonyl (C=O) groups excluding carboxylic acids is 1. The molecule has 0 saturated carbocycles. The zero-order valence-corrected chi connectivity index (χ0v) is 11.7. The average molecular weight is 301 g/mol. The zero-order valence-electron chi connectivity index (χ0n) is 10.9. The van der Waals surface area contributed by atoms with E-state index in [1.165, 1.54) is 22.2 Å². The predicted octanol–water partition coefficient (Wildman–Crippen LogP) is 1.28. The van der Waals surface area contributed by atoms with E-state index in [9.17, 15) is 9.59 Å². The van der Waals surface area contributed by atoms with Gasteiger partial charge in [0.2, 0.25) is 11.9 Å². The number of amides is 1. The third-order valence-electron chi connectivity index (χ3n) is 2.85. The van der Waals surface area contributed by atoms with Crippen LogP contribution in [0.4, 0.5) is 5.95 Å². The number of thiophene rings is 1. The molecule has 0 saturated heterocycles. The highest BCUT2D eigenvalue weighted by molar-refractivity contribution is 7.16. The SMILES string of the molecule is O=C(CCn1cnc2sccc2c1=O)Nc1ncccn1. The van der Waals surface area contributed by atoms with Crippen molar-refractivity contribution >= 4 is 33.4 Å². The molecule has 0 aromatic carbocycles. The molecule has 8 heteroatoms. The van der Waals surface area contributed by atoms with Crippen LogP contribution in [0.15, 0.2) is 41.0 Å². The first-order valence-corrected chi connectivity index (χ1v) is 7.11. The van der Waals surface area contributed by atoms with Crippen molar-refractivity contribution in [1.29, 1.82) is 0 Å². The van der Waals surface area contributed by atoms with Crippen LogP contribution >= 0.6 is 11.3 Å². The number of aromatic nitrogens is 4. The largest absolute Gasteiger partial charge is 0.298 e. The number of hydrogen-bond donors (Lipinski definition) is 1. The zero-order chi connectivity index (χ0) is 14.7. The summed E-state index contributed by atoms with van der Waals surface area (Å²) in [6, 6.07) is 3.40. The minimum absolute atomic E-state index is 0.134. The van der Waals surface area contributed by atoms with Crippen molar-refractivity contribution in [3.63, 3.8) is 0 Å². The summed E-state index contributed by atoms with van der Waals surface area (Å²) in [5.41, 5.74) is -0.134. The lowest BCUT2D eigenvalue weighted by Crippen LogP contribution is -2.23. The first kappa shape index (κ1) is 13.4. The van der Waals surface area contributed by atoms with Gasteiger partial charge in [0.15, 0.2) is 0 Å². The minimum Gasteiger partial charge on any atom is -0.298 e. The summed E-state index contributed by atoms with van der Waals surface area (Å²) < 4.78 is 1.43. The molecule has 0 aliphatic heterocycles. The van der Waals surface area contributed by atoms with E-state index in [1.807, 2.05) is 5.38 Å². The summed E-state index contributed by atoms with van der Waals surface area (Å²) in [6.07, 6.45) is 4.70. The molecule has 0 radical (unpaired) electrons. The lowest BCUT2D eigenvalue weighted by Gasteiger charge is -2.05. The molecule has 0 bridgehead atoms. The molecule has 0 aliphatic carbocycles. The number of nitrogens with zero attached hydrogens (tertiary/aromatic N) is 4. The Labute approximate surface area is 123 Å². The highest BCUT2D eigenvalue weighted by atomic mass is 32.1. The Kier molecular flexibility index (Phi) is 3.69. The van der Waals surface area contributed by atoms with Crippen LogP contribution < -0.4 is 10.9 Å². The number of aryl methyl sites for hydroxylation is 1. The molecule has 7 nitrogen and oxygen atoms in total. The van der Waals surface area contributed by atoms with E-state index in [4.69, 9.17) is 0 Å². The van der Waals surface area contributed by atoms with E-state index in [0.717, 1.165) is 0 Å². The van der Waals surface area contributed by atoms with Gasteiger partial charge in [0.1, 0.15) is 4.83 Å². The molecule has 3 aromatic rings. The monoisotopic (exact) mass is 301 g/mol. The van der Waals surface area contributed by atoms with Crippen LogP contribution in [0.1, 0.15) is 6.42 Å². The van der Waals surface area contributed by atoms with Gasteiger partial charge in [-0.05, 0) is 17.5 Å². The topological polar surface area (TPSA) is 89.8 Å². The summed E-state index contributed by atoms with van der Waals surface area (Å²) in [6.45, 7) is 0.260. The van der Waals surface area contributed by atoms with Crippen LogP contribution in [0.5, 0.6) is 0 Å². The van der Waals surface area contributed by atoms with Crippen molar-refractivity contribution in [1.82, 2.24) is 19.5 Å². The Hall–Kier alpha value is -2.61. The fraction of sp³-hybridized carbons (Fsp3) is 0.154. The number of carbonyl (C=O) groups is 1. The summed E-state index contributed by atoms with van der Waals surface area (Å²) in [7, 11) is 0. The van der Waals surface area contributed by atoms with Crippen molar-refractivity contribution in [2.24, 2.45) is 0 Å². The molecular weight excluding hydrogens is 290 g/mol. The molecule has 0 spiro atoms. The molecule has 3 aromatic heterocycles. The van der Waals surface area contributed by atoms with Crippen LogP contribution in [0.2, 0.25) is 0 Å². The van der Waals surface area contributed by atoms with Gasteiger partial charge in [-0.3, -0.25) is 19.5 Å². The second-order valence-corrected chi connectivity index (χ2v) is 5.15. The summed E-state index contributed by atoms with van der Waals surface area (Å²) in [4.78, 5) is 36.6. The Morgan fingerprint density at radius 3 is 2.90 bits per heavy atom. The number of anilines is 1. The van der Waals surface area contributed by atoms with E-state index < -0.39 is 0 Å². The van der Waals surface area contributed by atoms with Crippen molar-refractivity contribution < 1.29 is 4.79 Å². The second-order valence-electron chi connectivity index (χ2n) is 4.25. The van der Waals surface area contributed by atoms with E-state index in [-0.39, 0.29) is 30.4 Å². The highest BCUT2D eigenvalue weighted by Gasteiger charge is 2.08. The van der Waals surface area contributed by atoms with Crippen molar-refractivity contribution in [2.75, 3.05) is 5.32 Å². The molecule has 0 fully saturated rings. The quantitative estimate of drug-likeness (QED) is 0.784. The number of hydrogen-bond acceptors (Lipinski definition) is 6. The van der Waals surface area contributed by atoms with Crippen molar-refractivity contribution in [3.05, 3.63) is 46.6 Å². The molecule has 3 rings (SSSR count). The number of nitrogens with one attached hydrogen (secondary N) is 1. The van der Waals surface area contributed by atoms with Crippen molar-refractivity contribution in [2.45, 2.75) is 13.0 Å². The van der Waals surface area contributed by atoms with E-state index in [1.54, 1.807) is 24.5 Å². The lowest BCUT2D eigenvalue weighted by atomic mass is 10.3. The molecule has 0 aliphatic rings. The molecule has 1 N–H and O–H groups in total. The lowest BCUT2D eigenvalue weighted by molar-refractivity contribution is -0.116. The van der Waals surface area contributed by atoms with Gasteiger partial charge in [0.05, 0.1) is 11.7 Å². The summed E-state index contributed by atoms with van der Waals surface area (Å²) >= 11 is 1.42. The number of rotatable bonds is 4. The number of fused-ring (bicyclic) bond motifs is 1. The van der Waals surface area contributed by atoms with Gasteiger partial charge in [-0.2, -0.15) is 0 Å². The Morgan fingerprint density at radius 1 is 1.29 bits per heavy atom. The molecule has 0 atom stereocenters. The van der Waals surface area contributed by atoms with Gasteiger partial charge in [0.25, 0.3) is 5.56 Å². The highest BCUT2D eigenvalue weighted by Crippen LogP contribution is 2.13. The van der Waals surface area contributed by atoms with Gasteiger partial charge in [-0.15, -0.1) is 11.3 Å². The van der Waals surface area contributed by atoms with Crippen LogP contribution in [0.3, 0.4) is 0 Å². The first-order valence-electron chi connectivity index (χ1n) is 6.23. The van der Waals surface area contributed by atoms with Gasteiger partial charge >= 0.3 is 0 Å². The molecule has 21 heavy (non-hydrogen) atoms. The molecule has 1 amide bonds. The van der Waals surface area contributed by atoms with E-state index in [0.29, 0.717) is 10.2 Å². The maximum atomic E-state index is 12.1. The molecule has 106 valence electrons. The maximum absolute atomic E-state index is 12.1.